The van der Waals surface area contributed by atoms with Gasteiger partial charge in [0.25, 0.3) is 0 Å². The molecule has 5 nitrogen and oxygen atoms in total. The number of amides is 1. The molecule has 1 atom stereocenters. The van der Waals surface area contributed by atoms with Crippen LogP contribution in [0.2, 0.25) is 0 Å². The average molecular weight is 367 g/mol. The van der Waals surface area contributed by atoms with Crippen molar-refractivity contribution in [3.05, 3.63) is 23.8 Å². The summed E-state index contributed by atoms with van der Waals surface area (Å²) >= 11 is 6.83. The van der Waals surface area contributed by atoms with Crippen LogP contribution < -0.4 is 14.8 Å². The third-order valence-corrected chi connectivity index (χ3v) is 5.66. The van der Waals surface area contributed by atoms with E-state index in [4.69, 9.17) is 21.7 Å². The van der Waals surface area contributed by atoms with Crippen LogP contribution in [-0.4, -0.2) is 47.2 Å². The molecule has 130 valence electrons. The molecule has 0 aromatic heterocycles. The summed E-state index contributed by atoms with van der Waals surface area (Å²) in [4.78, 5) is 14.3. The van der Waals surface area contributed by atoms with Gasteiger partial charge in [-0.25, -0.2) is 0 Å². The smallest absolute Gasteiger partial charge is 0.230 e. The summed E-state index contributed by atoms with van der Waals surface area (Å²) in [6.45, 7) is 5.13. The molecule has 2 aliphatic rings. The van der Waals surface area contributed by atoms with Gasteiger partial charge in [-0.15, -0.1) is 0 Å². The van der Waals surface area contributed by atoms with Gasteiger partial charge in [0.2, 0.25) is 5.91 Å². The highest BCUT2D eigenvalue weighted by Gasteiger charge is 2.18. The molecule has 1 amide bonds. The standard InChI is InChI=1S/C17H22N2O3S2/c1-12(13-4-5-14-15(10-13)22-9-8-21-14)18-16(20)11-24-17(23)19-6-2-3-7-19/h4-5,10,12H,2-3,6-9,11H2,1H3,(H,18,20)/t12-/m0/s1. The highest BCUT2D eigenvalue weighted by molar-refractivity contribution is 8.23. The Kier molecular flexibility index (Phi) is 5.84. The largest absolute Gasteiger partial charge is 0.486 e. The second kappa shape index (κ2) is 8.07. The van der Waals surface area contributed by atoms with E-state index in [9.17, 15) is 4.79 Å². The SMILES string of the molecule is C[C@H](NC(=O)CSC(=S)N1CCCC1)c1ccc2c(c1)OCCO2. The maximum atomic E-state index is 12.2. The summed E-state index contributed by atoms with van der Waals surface area (Å²) in [5.41, 5.74) is 1.000. The topological polar surface area (TPSA) is 50.8 Å². The van der Waals surface area contributed by atoms with Crippen LogP contribution in [0.15, 0.2) is 18.2 Å². The van der Waals surface area contributed by atoms with Crippen molar-refractivity contribution in [2.75, 3.05) is 32.1 Å². The first-order chi connectivity index (χ1) is 11.6. The molecule has 0 radical (unpaired) electrons. The summed E-state index contributed by atoms with van der Waals surface area (Å²) in [7, 11) is 0. The van der Waals surface area contributed by atoms with E-state index in [1.807, 2.05) is 25.1 Å². The van der Waals surface area contributed by atoms with Gasteiger partial charge in [-0.3, -0.25) is 4.79 Å². The fraction of sp³-hybridized carbons (Fsp3) is 0.529. The van der Waals surface area contributed by atoms with Gasteiger partial charge in [0.1, 0.15) is 17.5 Å². The lowest BCUT2D eigenvalue weighted by Gasteiger charge is -2.21. The van der Waals surface area contributed by atoms with Crippen LogP contribution >= 0.6 is 24.0 Å². The molecule has 1 saturated heterocycles. The van der Waals surface area contributed by atoms with Gasteiger partial charge in [0.15, 0.2) is 11.5 Å². The number of hydrogen-bond donors (Lipinski definition) is 1. The van der Waals surface area contributed by atoms with Gasteiger partial charge in [0.05, 0.1) is 11.8 Å². The number of rotatable bonds is 4. The van der Waals surface area contributed by atoms with Crippen molar-refractivity contribution in [1.82, 2.24) is 10.2 Å². The number of thioether (sulfide) groups is 1. The molecule has 0 bridgehead atoms. The molecule has 2 heterocycles. The Balaban J connectivity index is 1.49. The van der Waals surface area contributed by atoms with Crippen LogP contribution in [0.25, 0.3) is 0 Å². The van der Waals surface area contributed by atoms with Crippen LogP contribution in [0, 0.1) is 0 Å². The number of ether oxygens (including phenoxy) is 2. The molecule has 24 heavy (non-hydrogen) atoms. The van der Waals surface area contributed by atoms with E-state index < -0.39 is 0 Å². The third kappa shape index (κ3) is 4.33. The maximum absolute atomic E-state index is 12.2. The van der Waals surface area contributed by atoms with E-state index in [0.29, 0.717) is 19.0 Å². The van der Waals surface area contributed by atoms with E-state index in [0.717, 1.165) is 34.5 Å². The molecule has 0 aliphatic carbocycles. The van der Waals surface area contributed by atoms with Crippen LogP contribution in [0.5, 0.6) is 11.5 Å². The number of thiocarbonyl (C=S) groups is 1. The normalized spacial score (nSPS) is 17.5. The van der Waals surface area contributed by atoms with Gasteiger partial charge in [-0.1, -0.05) is 30.0 Å². The highest BCUT2D eigenvalue weighted by atomic mass is 32.2. The van der Waals surface area contributed by atoms with Crippen molar-refractivity contribution in [3.63, 3.8) is 0 Å². The monoisotopic (exact) mass is 366 g/mol. The van der Waals surface area contributed by atoms with Gasteiger partial charge in [-0.2, -0.15) is 0 Å². The van der Waals surface area contributed by atoms with E-state index in [1.165, 1.54) is 24.6 Å². The molecule has 1 aromatic carbocycles. The number of likely N-dealkylation sites (tertiary alicyclic amines) is 1. The lowest BCUT2D eigenvalue weighted by Crippen LogP contribution is -2.30. The van der Waals surface area contributed by atoms with E-state index in [2.05, 4.69) is 10.2 Å². The fourth-order valence-electron chi connectivity index (χ4n) is 2.81. The van der Waals surface area contributed by atoms with Gasteiger partial charge in [-0.05, 0) is 37.5 Å². The Morgan fingerprint density at radius 3 is 2.75 bits per heavy atom. The zero-order valence-electron chi connectivity index (χ0n) is 13.7. The van der Waals surface area contributed by atoms with Crippen LogP contribution in [0.3, 0.4) is 0 Å². The minimum absolute atomic E-state index is 0.0102. The zero-order valence-corrected chi connectivity index (χ0v) is 15.4. The first-order valence-electron chi connectivity index (χ1n) is 8.24. The molecule has 0 unspecified atom stereocenters. The molecule has 1 fully saturated rings. The Bertz CT molecular complexity index is 618. The lowest BCUT2D eigenvalue weighted by atomic mass is 10.1. The molecular weight excluding hydrogens is 344 g/mol. The number of carbonyl (C=O) groups is 1. The molecule has 0 saturated carbocycles. The maximum Gasteiger partial charge on any atom is 0.230 e. The summed E-state index contributed by atoms with van der Waals surface area (Å²) in [6.07, 6.45) is 2.38. The average Bonchev–Trinajstić information content (AvgIpc) is 3.14. The predicted octanol–water partition coefficient (Wildman–Crippen LogP) is 2.75. The second-order valence-corrected chi connectivity index (χ2v) is 7.55. The summed E-state index contributed by atoms with van der Waals surface area (Å²) in [6, 6.07) is 5.69. The molecule has 0 spiro atoms. The number of nitrogens with zero attached hydrogens (tertiary/aromatic N) is 1. The highest BCUT2D eigenvalue weighted by Crippen LogP contribution is 2.32. The quantitative estimate of drug-likeness (QED) is 0.827. The summed E-state index contributed by atoms with van der Waals surface area (Å²) in [5.74, 6) is 1.84. The molecule has 7 heteroatoms. The number of hydrogen-bond acceptors (Lipinski definition) is 5. The Morgan fingerprint density at radius 2 is 2.00 bits per heavy atom. The number of nitrogens with one attached hydrogen (secondary N) is 1. The van der Waals surface area contributed by atoms with Crippen molar-refractivity contribution in [1.29, 1.82) is 0 Å². The second-order valence-electron chi connectivity index (χ2n) is 5.94. The number of benzene rings is 1. The minimum Gasteiger partial charge on any atom is -0.486 e. The first kappa shape index (κ1) is 17.4. The Labute approximate surface area is 152 Å². The molecular formula is C17H22N2O3S2. The van der Waals surface area contributed by atoms with E-state index in [1.54, 1.807) is 0 Å². The van der Waals surface area contributed by atoms with Crippen molar-refractivity contribution >= 4 is 34.2 Å². The molecule has 1 aromatic rings. The number of carbonyl (C=O) groups excluding carboxylic acids is 1. The third-order valence-electron chi connectivity index (χ3n) is 4.13. The van der Waals surface area contributed by atoms with Gasteiger partial charge in [0, 0.05) is 13.1 Å². The number of fused-ring (bicyclic) bond motifs is 1. The van der Waals surface area contributed by atoms with Crippen LogP contribution in [0.1, 0.15) is 31.4 Å². The fourth-order valence-corrected chi connectivity index (χ4v) is 3.88. The van der Waals surface area contributed by atoms with Crippen molar-refractivity contribution < 1.29 is 14.3 Å². The van der Waals surface area contributed by atoms with Crippen molar-refractivity contribution in [3.8, 4) is 11.5 Å². The lowest BCUT2D eigenvalue weighted by molar-refractivity contribution is -0.119. The minimum atomic E-state index is -0.0886. The Hall–Kier alpha value is -1.47. The van der Waals surface area contributed by atoms with Crippen molar-refractivity contribution in [2.24, 2.45) is 0 Å². The Morgan fingerprint density at radius 1 is 1.29 bits per heavy atom. The van der Waals surface area contributed by atoms with Gasteiger partial charge < -0.3 is 19.7 Å². The van der Waals surface area contributed by atoms with E-state index in [-0.39, 0.29) is 11.9 Å². The van der Waals surface area contributed by atoms with Crippen LogP contribution in [0.4, 0.5) is 0 Å². The zero-order chi connectivity index (χ0) is 16.9. The van der Waals surface area contributed by atoms with E-state index >= 15 is 0 Å². The van der Waals surface area contributed by atoms with Crippen molar-refractivity contribution in [2.45, 2.75) is 25.8 Å². The molecule has 1 N–H and O–H groups in total. The molecule has 2 aliphatic heterocycles. The first-order valence-corrected chi connectivity index (χ1v) is 9.63. The van der Waals surface area contributed by atoms with Gasteiger partial charge >= 0.3 is 0 Å². The summed E-state index contributed by atoms with van der Waals surface area (Å²) < 4.78 is 11.9. The predicted molar refractivity (Wildman–Crippen MR) is 99.9 cm³/mol. The van der Waals surface area contributed by atoms with Crippen LogP contribution in [-0.2, 0) is 4.79 Å². The molecule has 3 rings (SSSR count). The summed E-state index contributed by atoms with van der Waals surface area (Å²) in [5, 5.41) is 3.01.